The average molecular weight is 324 g/mol. The first-order valence-corrected chi connectivity index (χ1v) is 9.18. The monoisotopic (exact) mass is 324 g/mol. The van der Waals surface area contributed by atoms with E-state index in [0.29, 0.717) is 18.5 Å². The van der Waals surface area contributed by atoms with E-state index in [2.05, 4.69) is 10.3 Å². The Balaban J connectivity index is 1.95. The first kappa shape index (κ1) is 16.8. The summed E-state index contributed by atoms with van der Waals surface area (Å²) >= 11 is 0. The Labute approximate surface area is 132 Å². The van der Waals surface area contributed by atoms with E-state index < -0.39 is 10.0 Å². The zero-order chi connectivity index (χ0) is 16.0. The smallest absolute Gasteiger partial charge is 0.238 e. The van der Waals surface area contributed by atoms with Gasteiger partial charge in [-0.15, -0.1) is 0 Å². The number of benzene rings is 1. The van der Waals surface area contributed by atoms with Crippen LogP contribution in [0.4, 0.5) is 0 Å². The van der Waals surface area contributed by atoms with Gasteiger partial charge in [0.1, 0.15) is 0 Å². The van der Waals surface area contributed by atoms with Crippen molar-refractivity contribution >= 4 is 16.0 Å². The minimum atomic E-state index is -3.69. The number of nitrogens with one attached hydrogen (secondary N) is 1. The van der Waals surface area contributed by atoms with Crippen LogP contribution in [0.1, 0.15) is 44.1 Å². The van der Waals surface area contributed by atoms with Crippen LogP contribution in [0.5, 0.6) is 0 Å². The van der Waals surface area contributed by atoms with Crippen LogP contribution in [0.15, 0.2) is 34.2 Å². The number of nitrogens with two attached hydrogens (primary N) is 2. The summed E-state index contributed by atoms with van der Waals surface area (Å²) in [6.45, 7) is 0.328. The Morgan fingerprint density at radius 1 is 1.23 bits per heavy atom. The zero-order valence-electron chi connectivity index (χ0n) is 12.7. The summed E-state index contributed by atoms with van der Waals surface area (Å²) in [5.74, 6) is 0.410. The quantitative estimate of drug-likeness (QED) is 0.442. The normalized spacial score (nSPS) is 18.0. The van der Waals surface area contributed by atoms with Crippen molar-refractivity contribution in [3.8, 4) is 0 Å². The predicted octanol–water partition coefficient (Wildman–Crippen LogP) is 1.46. The second kappa shape index (κ2) is 7.60. The minimum absolute atomic E-state index is 0.0931. The van der Waals surface area contributed by atoms with Gasteiger partial charge < -0.3 is 11.1 Å². The highest BCUT2D eigenvalue weighted by Gasteiger charge is 2.12. The molecule has 1 aliphatic carbocycles. The number of rotatable bonds is 4. The molecule has 7 heteroatoms. The van der Waals surface area contributed by atoms with Crippen LogP contribution in [0.2, 0.25) is 0 Å². The molecule has 0 amide bonds. The maximum Gasteiger partial charge on any atom is 0.238 e. The maximum absolute atomic E-state index is 11.3. The summed E-state index contributed by atoms with van der Waals surface area (Å²) in [4.78, 5) is 4.38. The molecule has 0 heterocycles. The average Bonchev–Trinajstić information content (AvgIpc) is 2.73. The van der Waals surface area contributed by atoms with Crippen molar-refractivity contribution in [2.45, 2.75) is 56.0 Å². The van der Waals surface area contributed by atoms with Crippen LogP contribution in [0, 0.1) is 0 Å². The van der Waals surface area contributed by atoms with Crippen LogP contribution < -0.4 is 16.2 Å². The van der Waals surface area contributed by atoms with Gasteiger partial charge in [0.15, 0.2) is 5.96 Å². The Hall–Kier alpha value is -1.60. The standard InChI is InChI=1S/C15H24N4O2S/c16-15(19-13-7-3-1-2-4-8-13)18-11-12-6-5-9-14(10-12)22(17,20)21/h5-6,9-10,13H,1-4,7-8,11H2,(H3,16,18,19)(H2,17,20,21). The molecule has 0 atom stereocenters. The molecule has 1 saturated carbocycles. The number of nitrogens with zero attached hydrogens (tertiary/aromatic N) is 1. The molecular weight excluding hydrogens is 300 g/mol. The third-order valence-electron chi connectivity index (χ3n) is 3.87. The molecular formula is C15H24N4O2S. The molecule has 0 bridgehead atoms. The lowest BCUT2D eigenvalue weighted by Gasteiger charge is -2.16. The zero-order valence-corrected chi connectivity index (χ0v) is 13.5. The summed E-state index contributed by atoms with van der Waals surface area (Å²) in [7, 11) is -3.69. The SMILES string of the molecule is NC(=NCc1cccc(S(N)(=O)=O)c1)NC1CCCCCC1. The van der Waals surface area contributed by atoms with Gasteiger partial charge in [0.25, 0.3) is 0 Å². The number of hydrogen-bond donors (Lipinski definition) is 3. The van der Waals surface area contributed by atoms with E-state index >= 15 is 0 Å². The van der Waals surface area contributed by atoms with Crippen molar-refractivity contribution in [3.63, 3.8) is 0 Å². The van der Waals surface area contributed by atoms with E-state index in [-0.39, 0.29) is 4.90 Å². The minimum Gasteiger partial charge on any atom is -0.370 e. The van der Waals surface area contributed by atoms with Crippen LogP contribution in [-0.4, -0.2) is 20.4 Å². The maximum atomic E-state index is 11.3. The van der Waals surface area contributed by atoms with Crippen LogP contribution in [-0.2, 0) is 16.6 Å². The first-order chi connectivity index (χ1) is 10.4. The summed E-state index contributed by atoms with van der Waals surface area (Å²) < 4.78 is 22.6. The molecule has 122 valence electrons. The van der Waals surface area contributed by atoms with Crippen molar-refractivity contribution < 1.29 is 8.42 Å². The molecule has 0 radical (unpaired) electrons. The molecule has 22 heavy (non-hydrogen) atoms. The van der Waals surface area contributed by atoms with E-state index in [1.165, 1.54) is 37.8 Å². The molecule has 2 rings (SSSR count). The second-order valence-corrected chi connectivity index (χ2v) is 7.29. The van der Waals surface area contributed by atoms with Gasteiger partial charge in [-0.3, -0.25) is 0 Å². The third-order valence-corrected chi connectivity index (χ3v) is 4.78. The molecule has 1 aromatic rings. The second-order valence-electron chi connectivity index (χ2n) is 5.73. The molecule has 1 aromatic carbocycles. The number of primary sulfonamides is 1. The summed E-state index contributed by atoms with van der Waals surface area (Å²) in [6, 6.07) is 6.84. The highest BCUT2D eigenvalue weighted by atomic mass is 32.2. The molecule has 6 nitrogen and oxygen atoms in total. The Morgan fingerprint density at radius 3 is 2.55 bits per heavy atom. The molecule has 0 aliphatic heterocycles. The molecule has 1 fully saturated rings. The molecule has 0 saturated heterocycles. The van der Waals surface area contributed by atoms with Crippen molar-refractivity contribution in [1.82, 2.24) is 5.32 Å². The number of aliphatic imine (C=N–C) groups is 1. The summed E-state index contributed by atoms with van der Waals surface area (Å²) in [5, 5.41) is 8.38. The highest BCUT2D eigenvalue weighted by Crippen LogP contribution is 2.17. The van der Waals surface area contributed by atoms with E-state index in [0.717, 1.165) is 18.4 Å². The lowest BCUT2D eigenvalue weighted by atomic mass is 10.1. The Bertz CT molecular complexity index is 620. The van der Waals surface area contributed by atoms with Crippen LogP contribution in [0.3, 0.4) is 0 Å². The molecule has 0 unspecified atom stereocenters. The first-order valence-electron chi connectivity index (χ1n) is 7.63. The molecule has 0 spiro atoms. The number of guanidine groups is 1. The van der Waals surface area contributed by atoms with Gasteiger partial charge in [-0.2, -0.15) is 0 Å². The molecule has 5 N–H and O–H groups in total. The summed E-state index contributed by atoms with van der Waals surface area (Å²) in [6.07, 6.45) is 7.27. The van der Waals surface area contributed by atoms with Gasteiger partial charge in [-0.1, -0.05) is 37.8 Å². The number of sulfonamides is 1. The van der Waals surface area contributed by atoms with Gasteiger partial charge in [-0.05, 0) is 30.5 Å². The molecule has 1 aliphatic rings. The fraction of sp³-hybridized carbons (Fsp3) is 0.533. The van der Waals surface area contributed by atoms with Crippen molar-refractivity contribution in [3.05, 3.63) is 29.8 Å². The van der Waals surface area contributed by atoms with E-state index in [9.17, 15) is 8.42 Å². The highest BCUT2D eigenvalue weighted by molar-refractivity contribution is 7.89. The largest absolute Gasteiger partial charge is 0.370 e. The van der Waals surface area contributed by atoms with Crippen molar-refractivity contribution in [2.75, 3.05) is 0 Å². The van der Waals surface area contributed by atoms with Gasteiger partial charge in [0.2, 0.25) is 10.0 Å². The Morgan fingerprint density at radius 2 is 1.91 bits per heavy atom. The van der Waals surface area contributed by atoms with E-state index in [1.807, 2.05) is 0 Å². The van der Waals surface area contributed by atoms with Crippen LogP contribution >= 0.6 is 0 Å². The van der Waals surface area contributed by atoms with Gasteiger partial charge in [0.05, 0.1) is 11.4 Å². The fourth-order valence-corrected chi connectivity index (χ4v) is 3.26. The van der Waals surface area contributed by atoms with Gasteiger partial charge >= 0.3 is 0 Å². The van der Waals surface area contributed by atoms with Gasteiger partial charge in [-0.25, -0.2) is 18.5 Å². The lowest BCUT2D eigenvalue weighted by Crippen LogP contribution is -2.39. The van der Waals surface area contributed by atoms with Crippen molar-refractivity contribution in [2.24, 2.45) is 15.9 Å². The van der Waals surface area contributed by atoms with Crippen LogP contribution in [0.25, 0.3) is 0 Å². The lowest BCUT2D eigenvalue weighted by molar-refractivity contribution is 0.530. The number of hydrogen-bond acceptors (Lipinski definition) is 3. The topological polar surface area (TPSA) is 111 Å². The third kappa shape index (κ3) is 5.31. The fourth-order valence-electron chi connectivity index (χ4n) is 2.68. The van der Waals surface area contributed by atoms with E-state index in [4.69, 9.17) is 10.9 Å². The van der Waals surface area contributed by atoms with Gasteiger partial charge in [0, 0.05) is 6.04 Å². The van der Waals surface area contributed by atoms with E-state index in [1.54, 1.807) is 12.1 Å². The Kier molecular flexibility index (Phi) is 5.79. The summed E-state index contributed by atoms with van der Waals surface area (Å²) in [5.41, 5.74) is 6.68. The predicted molar refractivity (Wildman–Crippen MR) is 87.8 cm³/mol. The van der Waals surface area contributed by atoms with Crippen molar-refractivity contribution in [1.29, 1.82) is 0 Å². The molecule has 0 aromatic heterocycles.